The molecule has 2 aromatic rings. The number of nitrogens with two attached hydrogens (primary N) is 1. The predicted molar refractivity (Wildman–Crippen MR) is 80.2 cm³/mol. The van der Waals surface area contributed by atoms with E-state index in [1.54, 1.807) is 6.07 Å². The Hall–Kier alpha value is -0.910. The molecule has 7 heteroatoms. The lowest BCUT2D eigenvalue weighted by atomic mass is 10.2. The molecule has 2 rings (SSSR count). The maximum atomic E-state index is 6.12. The van der Waals surface area contributed by atoms with Crippen molar-refractivity contribution in [3.63, 3.8) is 0 Å². The lowest BCUT2D eigenvalue weighted by molar-refractivity contribution is 0.757. The zero-order valence-electron chi connectivity index (χ0n) is 10.4. The number of benzene rings is 1. The summed E-state index contributed by atoms with van der Waals surface area (Å²) in [6.07, 6.45) is 1.81. The van der Waals surface area contributed by atoms with Gasteiger partial charge in [-0.3, -0.25) is 0 Å². The zero-order chi connectivity index (χ0) is 13.8. The Bertz CT molecular complexity index is 571. The Kier molecular flexibility index (Phi) is 4.96. The van der Waals surface area contributed by atoms with Gasteiger partial charge in [-0.05, 0) is 24.1 Å². The van der Waals surface area contributed by atoms with Gasteiger partial charge in [-0.25, -0.2) is 4.68 Å². The second-order valence-electron chi connectivity index (χ2n) is 4.04. The quantitative estimate of drug-likeness (QED) is 0.677. The van der Waals surface area contributed by atoms with Crippen LogP contribution in [0, 0.1) is 0 Å². The minimum atomic E-state index is 0.631. The molecule has 0 bridgehead atoms. The number of nitrogens with zero attached hydrogens (tertiary/aromatic N) is 3. The molecule has 0 aliphatic carbocycles. The summed E-state index contributed by atoms with van der Waals surface area (Å²) < 4.78 is 1.54. The van der Waals surface area contributed by atoms with E-state index >= 15 is 0 Å². The van der Waals surface area contributed by atoms with Crippen LogP contribution in [0.15, 0.2) is 23.4 Å². The number of hydrogen-bond donors (Lipinski definition) is 1. The summed E-state index contributed by atoms with van der Waals surface area (Å²) in [7, 11) is 0. The van der Waals surface area contributed by atoms with Gasteiger partial charge in [0.2, 0.25) is 5.16 Å². The average Bonchev–Trinajstić information content (AvgIpc) is 2.71. The topological polar surface area (TPSA) is 56.7 Å². The van der Waals surface area contributed by atoms with Gasteiger partial charge in [0.25, 0.3) is 0 Å². The first kappa shape index (κ1) is 14.5. The molecule has 0 spiro atoms. The van der Waals surface area contributed by atoms with Crippen molar-refractivity contribution in [2.24, 2.45) is 0 Å². The molecule has 0 fully saturated rings. The van der Waals surface area contributed by atoms with Crippen LogP contribution < -0.4 is 5.84 Å². The van der Waals surface area contributed by atoms with Gasteiger partial charge in [-0.1, -0.05) is 48.0 Å². The first-order valence-corrected chi connectivity index (χ1v) is 7.62. The number of aryl methyl sites for hydroxylation is 1. The first-order valence-electron chi connectivity index (χ1n) is 5.88. The van der Waals surface area contributed by atoms with Gasteiger partial charge in [0.15, 0.2) is 5.82 Å². The molecule has 0 saturated heterocycles. The Morgan fingerprint density at radius 3 is 2.79 bits per heavy atom. The van der Waals surface area contributed by atoms with E-state index in [9.17, 15) is 0 Å². The molecule has 0 saturated carbocycles. The minimum Gasteiger partial charge on any atom is -0.336 e. The summed E-state index contributed by atoms with van der Waals surface area (Å²) in [4.78, 5) is 0. The molecule has 0 aliphatic heterocycles. The van der Waals surface area contributed by atoms with E-state index in [0.717, 1.165) is 24.2 Å². The molecule has 0 atom stereocenters. The molecule has 0 unspecified atom stereocenters. The Balaban J connectivity index is 2.06. The van der Waals surface area contributed by atoms with Crippen LogP contribution in [0.3, 0.4) is 0 Å². The Morgan fingerprint density at radius 1 is 1.32 bits per heavy atom. The van der Waals surface area contributed by atoms with E-state index in [-0.39, 0.29) is 0 Å². The van der Waals surface area contributed by atoms with Gasteiger partial charge in [-0.15, -0.1) is 10.2 Å². The molecule has 1 aromatic heterocycles. The maximum absolute atomic E-state index is 6.12. The number of thioether (sulfide) groups is 1. The highest BCUT2D eigenvalue weighted by Gasteiger charge is 2.10. The number of aromatic nitrogens is 3. The van der Waals surface area contributed by atoms with Gasteiger partial charge >= 0.3 is 0 Å². The van der Waals surface area contributed by atoms with E-state index in [2.05, 4.69) is 17.1 Å². The third-order valence-corrected chi connectivity index (χ3v) is 4.16. The highest BCUT2D eigenvalue weighted by Crippen LogP contribution is 2.27. The zero-order valence-corrected chi connectivity index (χ0v) is 12.8. The molecular weight excluding hydrogens is 303 g/mol. The van der Waals surface area contributed by atoms with Gasteiger partial charge < -0.3 is 5.84 Å². The van der Waals surface area contributed by atoms with Gasteiger partial charge in [-0.2, -0.15) is 0 Å². The fourth-order valence-electron chi connectivity index (χ4n) is 1.58. The van der Waals surface area contributed by atoms with Crippen molar-refractivity contribution in [2.45, 2.75) is 30.7 Å². The second-order valence-corrected chi connectivity index (χ2v) is 5.83. The van der Waals surface area contributed by atoms with Crippen molar-refractivity contribution in [1.29, 1.82) is 0 Å². The summed E-state index contributed by atoms with van der Waals surface area (Å²) in [5, 5.41) is 10.1. The fraction of sp³-hybridized carbons (Fsp3) is 0.333. The van der Waals surface area contributed by atoms with Gasteiger partial charge in [0.1, 0.15) is 0 Å². The Morgan fingerprint density at radius 2 is 2.11 bits per heavy atom. The average molecular weight is 317 g/mol. The van der Waals surface area contributed by atoms with Crippen LogP contribution in [-0.4, -0.2) is 14.9 Å². The van der Waals surface area contributed by atoms with Gasteiger partial charge in [0.05, 0.1) is 0 Å². The molecule has 0 radical (unpaired) electrons. The smallest absolute Gasteiger partial charge is 0.210 e. The van der Waals surface area contributed by atoms with E-state index in [1.165, 1.54) is 16.4 Å². The molecule has 0 aliphatic rings. The van der Waals surface area contributed by atoms with E-state index in [4.69, 9.17) is 29.0 Å². The third kappa shape index (κ3) is 3.55. The number of rotatable bonds is 5. The fourth-order valence-corrected chi connectivity index (χ4v) is 3.01. The number of nitrogen functional groups attached to an aromatic ring is 1. The lowest BCUT2D eigenvalue weighted by Crippen LogP contribution is -2.13. The molecular formula is C12H14Cl2N4S. The van der Waals surface area contributed by atoms with E-state index < -0.39 is 0 Å². The van der Waals surface area contributed by atoms with Crippen LogP contribution in [-0.2, 0) is 12.2 Å². The largest absolute Gasteiger partial charge is 0.336 e. The summed E-state index contributed by atoms with van der Waals surface area (Å²) in [6.45, 7) is 2.08. The molecule has 2 N–H and O–H groups in total. The van der Waals surface area contributed by atoms with Crippen molar-refractivity contribution in [3.05, 3.63) is 39.6 Å². The van der Waals surface area contributed by atoms with Crippen molar-refractivity contribution < 1.29 is 0 Å². The molecule has 0 amide bonds. The van der Waals surface area contributed by atoms with Gasteiger partial charge in [0, 0.05) is 22.2 Å². The van der Waals surface area contributed by atoms with Crippen molar-refractivity contribution in [2.75, 3.05) is 5.84 Å². The lowest BCUT2D eigenvalue weighted by Gasteiger charge is -2.05. The van der Waals surface area contributed by atoms with Crippen LogP contribution in [0.1, 0.15) is 24.7 Å². The third-order valence-electron chi connectivity index (χ3n) is 2.58. The van der Waals surface area contributed by atoms with Crippen molar-refractivity contribution in [3.8, 4) is 0 Å². The summed E-state index contributed by atoms with van der Waals surface area (Å²) in [6, 6.07) is 5.45. The molecule has 19 heavy (non-hydrogen) atoms. The van der Waals surface area contributed by atoms with Crippen LogP contribution in [0.5, 0.6) is 0 Å². The number of hydrogen-bond acceptors (Lipinski definition) is 4. The van der Waals surface area contributed by atoms with Crippen LogP contribution in [0.4, 0.5) is 0 Å². The van der Waals surface area contributed by atoms with E-state index in [0.29, 0.717) is 21.0 Å². The van der Waals surface area contributed by atoms with Crippen molar-refractivity contribution >= 4 is 35.0 Å². The normalized spacial score (nSPS) is 10.9. The summed E-state index contributed by atoms with van der Waals surface area (Å²) in [5.41, 5.74) is 0.996. The first-order chi connectivity index (χ1) is 9.11. The SMILES string of the molecule is CCCc1nnc(SCc2ccc(Cl)cc2Cl)n1N. The Labute approximate surface area is 126 Å². The standard InChI is InChI=1S/C12H14Cl2N4S/c1-2-3-11-16-17-12(18(11)15)19-7-8-4-5-9(13)6-10(8)14/h4-6H,2-3,7,15H2,1H3. The highest BCUT2D eigenvalue weighted by atomic mass is 35.5. The number of halogens is 2. The molecule has 4 nitrogen and oxygen atoms in total. The van der Waals surface area contributed by atoms with E-state index in [1.807, 2.05) is 12.1 Å². The predicted octanol–water partition coefficient (Wildman–Crippen LogP) is 3.54. The van der Waals surface area contributed by atoms with Crippen LogP contribution >= 0.6 is 35.0 Å². The molecule has 1 heterocycles. The molecule has 102 valence electrons. The minimum absolute atomic E-state index is 0.631. The molecule has 1 aromatic carbocycles. The maximum Gasteiger partial charge on any atom is 0.210 e. The second kappa shape index (κ2) is 6.50. The highest BCUT2D eigenvalue weighted by molar-refractivity contribution is 7.98. The van der Waals surface area contributed by atoms with Crippen LogP contribution in [0.25, 0.3) is 0 Å². The van der Waals surface area contributed by atoms with Crippen LogP contribution in [0.2, 0.25) is 10.0 Å². The summed E-state index contributed by atoms with van der Waals surface area (Å²) >= 11 is 13.5. The van der Waals surface area contributed by atoms with Crippen molar-refractivity contribution in [1.82, 2.24) is 14.9 Å². The summed E-state index contributed by atoms with van der Waals surface area (Å²) in [5.74, 6) is 7.41. The monoisotopic (exact) mass is 316 g/mol.